The second-order valence-electron chi connectivity index (χ2n) is 5.20. The zero-order chi connectivity index (χ0) is 15.2. The fourth-order valence-corrected chi connectivity index (χ4v) is 2.28. The van der Waals surface area contributed by atoms with Crippen LogP contribution in [0.1, 0.15) is 37.4 Å². The number of nitrogens with one attached hydrogen (secondary N) is 1. The first-order valence-electron chi connectivity index (χ1n) is 6.98. The van der Waals surface area contributed by atoms with Gasteiger partial charge in [-0.3, -0.25) is 0 Å². The van der Waals surface area contributed by atoms with E-state index >= 15 is 0 Å². The summed E-state index contributed by atoms with van der Waals surface area (Å²) in [7, 11) is -2.99. The Hall–Kier alpha value is -1.07. The quantitative estimate of drug-likeness (QED) is 0.801. The van der Waals surface area contributed by atoms with Crippen molar-refractivity contribution >= 4 is 9.84 Å². The summed E-state index contributed by atoms with van der Waals surface area (Å²) in [4.78, 5) is 0. The van der Waals surface area contributed by atoms with Crippen molar-refractivity contribution in [2.75, 3.05) is 25.2 Å². The molecule has 0 aliphatic rings. The van der Waals surface area contributed by atoms with Crippen LogP contribution in [0.4, 0.5) is 0 Å². The molecule has 114 valence electrons. The van der Waals surface area contributed by atoms with Crippen molar-refractivity contribution < 1.29 is 13.2 Å². The van der Waals surface area contributed by atoms with Crippen LogP contribution in [-0.4, -0.2) is 33.6 Å². The normalized spacial score (nSPS) is 13.2. The summed E-state index contributed by atoms with van der Waals surface area (Å²) in [6, 6.07) is 6.23. The van der Waals surface area contributed by atoms with Gasteiger partial charge in [0.1, 0.15) is 12.4 Å². The number of hydrogen-bond acceptors (Lipinski definition) is 4. The molecule has 0 heterocycles. The molecule has 0 saturated heterocycles. The number of aryl methyl sites for hydroxylation is 1. The zero-order valence-electron chi connectivity index (χ0n) is 12.8. The lowest BCUT2D eigenvalue weighted by Gasteiger charge is -2.18. The first-order valence-corrected chi connectivity index (χ1v) is 9.04. The monoisotopic (exact) mass is 299 g/mol. The third-order valence-electron chi connectivity index (χ3n) is 3.05. The molecule has 1 aromatic rings. The van der Waals surface area contributed by atoms with Gasteiger partial charge in [0.2, 0.25) is 0 Å². The van der Waals surface area contributed by atoms with Gasteiger partial charge in [0.05, 0.1) is 5.75 Å². The summed E-state index contributed by atoms with van der Waals surface area (Å²) in [5, 5.41) is 3.42. The van der Waals surface area contributed by atoms with Gasteiger partial charge >= 0.3 is 0 Å². The van der Waals surface area contributed by atoms with E-state index in [0.29, 0.717) is 0 Å². The van der Waals surface area contributed by atoms with Crippen molar-refractivity contribution in [3.8, 4) is 5.75 Å². The van der Waals surface area contributed by atoms with E-state index in [2.05, 4.69) is 19.2 Å². The van der Waals surface area contributed by atoms with E-state index in [1.54, 1.807) is 0 Å². The predicted octanol–water partition coefficient (Wildman–Crippen LogP) is 2.48. The SMILES string of the molecule is CCCNC(C)c1ccc(C)cc1OCCS(C)(=O)=O. The summed E-state index contributed by atoms with van der Waals surface area (Å²) in [5.74, 6) is 0.807. The van der Waals surface area contributed by atoms with Gasteiger partial charge in [0.25, 0.3) is 0 Å². The summed E-state index contributed by atoms with van der Waals surface area (Å²) < 4.78 is 28.0. The first-order chi connectivity index (χ1) is 9.33. The molecule has 1 atom stereocenters. The van der Waals surface area contributed by atoms with Crippen LogP contribution in [0.5, 0.6) is 5.75 Å². The van der Waals surface area contributed by atoms with Crippen LogP contribution in [0, 0.1) is 6.92 Å². The van der Waals surface area contributed by atoms with E-state index in [-0.39, 0.29) is 18.4 Å². The van der Waals surface area contributed by atoms with Gasteiger partial charge in [-0.1, -0.05) is 19.1 Å². The van der Waals surface area contributed by atoms with Crippen molar-refractivity contribution in [3.05, 3.63) is 29.3 Å². The van der Waals surface area contributed by atoms with E-state index in [4.69, 9.17) is 4.74 Å². The van der Waals surface area contributed by atoms with Gasteiger partial charge in [0.15, 0.2) is 9.84 Å². The lowest BCUT2D eigenvalue weighted by Crippen LogP contribution is -2.20. The molecule has 0 spiro atoms. The molecule has 1 rings (SSSR count). The highest BCUT2D eigenvalue weighted by atomic mass is 32.2. The lowest BCUT2D eigenvalue weighted by molar-refractivity contribution is 0.333. The van der Waals surface area contributed by atoms with Crippen LogP contribution in [0.25, 0.3) is 0 Å². The van der Waals surface area contributed by atoms with Gasteiger partial charge in [-0.25, -0.2) is 8.42 Å². The Morgan fingerprint density at radius 1 is 1.35 bits per heavy atom. The topological polar surface area (TPSA) is 55.4 Å². The molecule has 0 aliphatic heterocycles. The maximum absolute atomic E-state index is 11.2. The third kappa shape index (κ3) is 5.92. The third-order valence-corrected chi connectivity index (χ3v) is 3.96. The van der Waals surface area contributed by atoms with E-state index in [9.17, 15) is 8.42 Å². The minimum absolute atomic E-state index is 0.0388. The average Bonchev–Trinajstić information content (AvgIpc) is 2.34. The van der Waals surface area contributed by atoms with Crippen molar-refractivity contribution in [3.63, 3.8) is 0 Å². The number of sulfone groups is 1. The van der Waals surface area contributed by atoms with Crippen LogP contribution >= 0.6 is 0 Å². The molecular weight excluding hydrogens is 274 g/mol. The summed E-state index contributed by atoms with van der Waals surface area (Å²) in [5.41, 5.74) is 2.17. The molecule has 1 unspecified atom stereocenters. The minimum Gasteiger partial charge on any atom is -0.492 e. The maximum Gasteiger partial charge on any atom is 0.150 e. The van der Waals surface area contributed by atoms with Gasteiger partial charge in [-0.2, -0.15) is 0 Å². The molecule has 1 N–H and O–H groups in total. The average molecular weight is 299 g/mol. The Morgan fingerprint density at radius 3 is 2.65 bits per heavy atom. The smallest absolute Gasteiger partial charge is 0.150 e. The van der Waals surface area contributed by atoms with Gasteiger partial charge < -0.3 is 10.1 Å². The summed E-state index contributed by atoms with van der Waals surface area (Å²) in [6.07, 6.45) is 2.29. The first kappa shape index (κ1) is 17.0. The number of hydrogen-bond donors (Lipinski definition) is 1. The molecule has 0 amide bonds. The molecule has 0 fully saturated rings. The number of rotatable bonds is 8. The molecule has 0 bridgehead atoms. The number of benzene rings is 1. The van der Waals surface area contributed by atoms with Crippen LogP contribution in [0.15, 0.2) is 18.2 Å². The second-order valence-corrected chi connectivity index (χ2v) is 7.46. The van der Waals surface area contributed by atoms with Crippen LogP contribution < -0.4 is 10.1 Å². The van der Waals surface area contributed by atoms with Crippen molar-refractivity contribution in [2.45, 2.75) is 33.2 Å². The van der Waals surface area contributed by atoms with Crippen molar-refractivity contribution in [1.82, 2.24) is 5.32 Å². The molecule has 4 nitrogen and oxygen atoms in total. The van der Waals surface area contributed by atoms with Crippen LogP contribution in [0.2, 0.25) is 0 Å². The van der Waals surface area contributed by atoms with E-state index in [1.807, 2.05) is 25.1 Å². The largest absolute Gasteiger partial charge is 0.492 e. The van der Waals surface area contributed by atoms with Crippen molar-refractivity contribution in [1.29, 1.82) is 0 Å². The summed E-state index contributed by atoms with van der Waals surface area (Å²) >= 11 is 0. The lowest BCUT2D eigenvalue weighted by atomic mass is 10.0. The fraction of sp³-hybridized carbons (Fsp3) is 0.600. The molecule has 5 heteroatoms. The molecule has 0 aliphatic carbocycles. The second kappa shape index (κ2) is 7.64. The van der Waals surface area contributed by atoms with Crippen LogP contribution in [-0.2, 0) is 9.84 Å². The Bertz CT molecular complexity index is 526. The molecule has 20 heavy (non-hydrogen) atoms. The number of ether oxygens (including phenoxy) is 1. The highest BCUT2D eigenvalue weighted by Crippen LogP contribution is 2.26. The molecular formula is C15H25NO3S. The minimum atomic E-state index is -2.99. The standard InChI is InChI=1S/C15H25NO3S/c1-5-8-16-13(3)14-7-6-12(2)11-15(14)19-9-10-20(4,17)18/h6-7,11,13,16H,5,8-10H2,1-4H3. The zero-order valence-corrected chi connectivity index (χ0v) is 13.6. The van der Waals surface area contributed by atoms with E-state index < -0.39 is 9.84 Å². The van der Waals surface area contributed by atoms with Crippen LogP contribution in [0.3, 0.4) is 0 Å². The molecule has 0 radical (unpaired) electrons. The van der Waals surface area contributed by atoms with E-state index in [0.717, 1.165) is 29.8 Å². The van der Waals surface area contributed by atoms with Gasteiger partial charge in [-0.05, 0) is 38.4 Å². The molecule has 0 aromatic heterocycles. The van der Waals surface area contributed by atoms with Gasteiger partial charge in [-0.15, -0.1) is 0 Å². The highest BCUT2D eigenvalue weighted by Gasteiger charge is 2.12. The Balaban J connectivity index is 2.79. The van der Waals surface area contributed by atoms with Gasteiger partial charge in [0, 0.05) is 17.9 Å². The summed E-state index contributed by atoms with van der Waals surface area (Å²) in [6.45, 7) is 7.34. The fourth-order valence-electron chi connectivity index (χ4n) is 1.90. The highest BCUT2D eigenvalue weighted by molar-refractivity contribution is 7.90. The van der Waals surface area contributed by atoms with E-state index in [1.165, 1.54) is 6.26 Å². The Morgan fingerprint density at radius 2 is 2.05 bits per heavy atom. The maximum atomic E-state index is 11.2. The predicted molar refractivity (Wildman–Crippen MR) is 83.1 cm³/mol. The van der Waals surface area contributed by atoms with Crippen molar-refractivity contribution in [2.24, 2.45) is 0 Å². The Labute approximate surface area is 122 Å². The molecule has 1 aromatic carbocycles. The Kier molecular flexibility index (Phi) is 6.49. The molecule has 0 saturated carbocycles.